The molecule has 1 heterocycles. The molecule has 5 heteroatoms. The summed E-state index contributed by atoms with van der Waals surface area (Å²) in [5, 5.41) is 5.03. The standard InChI is InChI=1S/C20H20N2OS2/c1-14(2)15-7-9-16(10-8-15)22-20(23)18-5-3-4-6-19(18)25-12-17-11-24-13-21-17/h3-11,13-14H,12H2,1-2H3,(H,22,23). The van der Waals surface area contributed by atoms with Gasteiger partial charge in [0.25, 0.3) is 5.91 Å². The molecule has 25 heavy (non-hydrogen) atoms. The Hall–Kier alpha value is -2.11. The molecule has 128 valence electrons. The van der Waals surface area contributed by atoms with Gasteiger partial charge in [0.2, 0.25) is 0 Å². The van der Waals surface area contributed by atoms with Crippen molar-refractivity contribution in [1.82, 2.24) is 4.98 Å². The smallest absolute Gasteiger partial charge is 0.256 e. The van der Waals surface area contributed by atoms with Gasteiger partial charge in [-0.1, -0.05) is 38.1 Å². The maximum Gasteiger partial charge on any atom is 0.256 e. The molecule has 3 rings (SSSR count). The third-order valence-electron chi connectivity index (χ3n) is 3.83. The SMILES string of the molecule is CC(C)c1ccc(NC(=O)c2ccccc2SCc2cscn2)cc1. The predicted octanol–water partition coefficient (Wildman–Crippen LogP) is 5.81. The molecule has 1 aromatic heterocycles. The van der Waals surface area contributed by atoms with Crippen LogP contribution in [0.25, 0.3) is 0 Å². The summed E-state index contributed by atoms with van der Waals surface area (Å²) in [4.78, 5) is 17.9. The topological polar surface area (TPSA) is 42.0 Å². The minimum atomic E-state index is -0.0846. The van der Waals surface area contributed by atoms with Crippen molar-refractivity contribution in [1.29, 1.82) is 0 Å². The molecule has 0 radical (unpaired) electrons. The number of nitrogens with one attached hydrogen (secondary N) is 1. The van der Waals surface area contributed by atoms with Gasteiger partial charge in [-0.15, -0.1) is 23.1 Å². The van der Waals surface area contributed by atoms with Crippen LogP contribution in [-0.4, -0.2) is 10.9 Å². The van der Waals surface area contributed by atoms with Gasteiger partial charge in [-0.3, -0.25) is 4.79 Å². The molecule has 0 spiro atoms. The van der Waals surface area contributed by atoms with E-state index in [-0.39, 0.29) is 5.91 Å². The quantitative estimate of drug-likeness (QED) is 0.558. The van der Waals surface area contributed by atoms with Crippen LogP contribution in [0.1, 0.15) is 41.4 Å². The minimum Gasteiger partial charge on any atom is -0.322 e. The average Bonchev–Trinajstić information content (AvgIpc) is 3.14. The monoisotopic (exact) mass is 368 g/mol. The summed E-state index contributed by atoms with van der Waals surface area (Å²) in [7, 11) is 0. The van der Waals surface area contributed by atoms with E-state index in [4.69, 9.17) is 0 Å². The number of amides is 1. The van der Waals surface area contributed by atoms with E-state index in [1.807, 2.05) is 47.3 Å². The first-order valence-electron chi connectivity index (χ1n) is 8.13. The van der Waals surface area contributed by atoms with Gasteiger partial charge < -0.3 is 5.32 Å². The molecular formula is C20H20N2OS2. The number of aromatic nitrogens is 1. The Morgan fingerprint density at radius 1 is 1.16 bits per heavy atom. The number of thioether (sulfide) groups is 1. The van der Waals surface area contributed by atoms with Crippen molar-refractivity contribution in [2.45, 2.75) is 30.4 Å². The fraction of sp³-hybridized carbons (Fsp3) is 0.200. The zero-order valence-electron chi connectivity index (χ0n) is 14.2. The van der Waals surface area contributed by atoms with Gasteiger partial charge in [-0.2, -0.15) is 0 Å². The number of carbonyl (C=O) groups excluding carboxylic acids is 1. The van der Waals surface area contributed by atoms with Gasteiger partial charge in [-0.05, 0) is 35.7 Å². The van der Waals surface area contributed by atoms with Gasteiger partial charge >= 0.3 is 0 Å². The van der Waals surface area contributed by atoms with Gasteiger partial charge in [0.1, 0.15) is 0 Å². The summed E-state index contributed by atoms with van der Waals surface area (Å²) in [6.45, 7) is 4.31. The van der Waals surface area contributed by atoms with Crippen LogP contribution in [0.5, 0.6) is 0 Å². The highest BCUT2D eigenvalue weighted by atomic mass is 32.2. The van der Waals surface area contributed by atoms with Crippen LogP contribution in [0.4, 0.5) is 5.69 Å². The number of carbonyl (C=O) groups is 1. The average molecular weight is 369 g/mol. The summed E-state index contributed by atoms with van der Waals surface area (Å²) in [5.74, 6) is 1.16. The Kier molecular flexibility index (Phi) is 5.89. The summed E-state index contributed by atoms with van der Waals surface area (Å²) in [6, 6.07) is 15.7. The van der Waals surface area contributed by atoms with Crippen molar-refractivity contribution < 1.29 is 4.79 Å². The number of hydrogen-bond donors (Lipinski definition) is 1. The highest BCUT2D eigenvalue weighted by Crippen LogP contribution is 2.27. The lowest BCUT2D eigenvalue weighted by atomic mass is 10.0. The van der Waals surface area contributed by atoms with Crippen molar-refractivity contribution in [3.05, 3.63) is 76.2 Å². The normalized spacial score (nSPS) is 10.8. The van der Waals surface area contributed by atoms with Crippen LogP contribution in [0, 0.1) is 0 Å². The molecule has 0 aliphatic carbocycles. The van der Waals surface area contributed by atoms with Crippen molar-refractivity contribution >= 4 is 34.7 Å². The third-order valence-corrected chi connectivity index (χ3v) is 5.57. The number of thiazole rings is 1. The summed E-state index contributed by atoms with van der Waals surface area (Å²) < 4.78 is 0. The molecular weight excluding hydrogens is 348 g/mol. The highest BCUT2D eigenvalue weighted by molar-refractivity contribution is 7.98. The van der Waals surface area contributed by atoms with E-state index in [9.17, 15) is 4.79 Å². The summed E-state index contributed by atoms with van der Waals surface area (Å²) >= 11 is 3.22. The van der Waals surface area contributed by atoms with E-state index in [0.717, 1.165) is 22.0 Å². The molecule has 0 saturated carbocycles. The number of hydrogen-bond acceptors (Lipinski definition) is 4. The molecule has 0 atom stereocenters. The third kappa shape index (κ3) is 4.71. The first-order valence-corrected chi connectivity index (χ1v) is 10.1. The lowest BCUT2D eigenvalue weighted by Crippen LogP contribution is -2.13. The summed E-state index contributed by atoms with van der Waals surface area (Å²) in [6.07, 6.45) is 0. The number of nitrogens with zero attached hydrogens (tertiary/aromatic N) is 1. The minimum absolute atomic E-state index is 0.0846. The lowest BCUT2D eigenvalue weighted by molar-refractivity contribution is 0.102. The van der Waals surface area contributed by atoms with Gasteiger partial charge in [0, 0.05) is 21.7 Å². The van der Waals surface area contributed by atoms with E-state index < -0.39 is 0 Å². The van der Waals surface area contributed by atoms with Gasteiger partial charge in [-0.25, -0.2) is 4.98 Å². The lowest BCUT2D eigenvalue weighted by Gasteiger charge is -2.11. The van der Waals surface area contributed by atoms with Crippen molar-refractivity contribution in [3.63, 3.8) is 0 Å². The van der Waals surface area contributed by atoms with Crippen LogP contribution in [-0.2, 0) is 5.75 Å². The van der Waals surface area contributed by atoms with Crippen molar-refractivity contribution in [3.8, 4) is 0 Å². The molecule has 0 aliphatic rings. The Morgan fingerprint density at radius 2 is 1.92 bits per heavy atom. The van der Waals surface area contributed by atoms with Crippen LogP contribution in [0.2, 0.25) is 0 Å². The zero-order valence-corrected chi connectivity index (χ0v) is 15.9. The van der Waals surface area contributed by atoms with E-state index in [1.165, 1.54) is 5.56 Å². The highest BCUT2D eigenvalue weighted by Gasteiger charge is 2.12. The van der Waals surface area contributed by atoms with Crippen molar-refractivity contribution in [2.24, 2.45) is 0 Å². The van der Waals surface area contributed by atoms with Gasteiger partial charge in [0.15, 0.2) is 0 Å². The molecule has 0 bridgehead atoms. The molecule has 0 unspecified atom stereocenters. The van der Waals surface area contributed by atoms with Crippen LogP contribution >= 0.6 is 23.1 Å². The summed E-state index contributed by atoms with van der Waals surface area (Å²) in [5.41, 5.74) is 5.63. The molecule has 0 aliphatic heterocycles. The Morgan fingerprint density at radius 3 is 2.60 bits per heavy atom. The first kappa shape index (κ1) is 17.7. The van der Waals surface area contributed by atoms with Crippen LogP contribution < -0.4 is 5.32 Å². The second-order valence-corrected chi connectivity index (χ2v) is 7.73. The molecule has 2 aromatic carbocycles. The zero-order chi connectivity index (χ0) is 17.6. The molecule has 1 N–H and O–H groups in total. The molecule has 0 saturated heterocycles. The molecule has 3 nitrogen and oxygen atoms in total. The second kappa shape index (κ2) is 8.32. The fourth-order valence-electron chi connectivity index (χ4n) is 2.39. The van der Waals surface area contributed by atoms with Crippen molar-refractivity contribution in [2.75, 3.05) is 5.32 Å². The molecule has 1 amide bonds. The fourth-order valence-corrected chi connectivity index (χ4v) is 4.01. The second-order valence-electron chi connectivity index (χ2n) is 6.00. The number of rotatable bonds is 6. The van der Waals surface area contributed by atoms with E-state index in [2.05, 4.69) is 36.3 Å². The van der Waals surface area contributed by atoms with E-state index in [1.54, 1.807) is 23.1 Å². The van der Waals surface area contributed by atoms with Crippen LogP contribution in [0.3, 0.4) is 0 Å². The Balaban J connectivity index is 1.71. The Labute approximate surface area is 156 Å². The maximum atomic E-state index is 12.7. The van der Waals surface area contributed by atoms with Crippen LogP contribution in [0.15, 0.2) is 64.3 Å². The van der Waals surface area contributed by atoms with Gasteiger partial charge in [0.05, 0.1) is 16.8 Å². The Bertz CT molecular complexity index is 827. The maximum absolute atomic E-state index is 12.7. The van der Waals surface area contributed by atoms with E-state index >= 15 is 0 Å². The first-order chi connectivity index (χ1) is 12.1. The molecule has 0 fully saturated rings. The predicted molar refractivity (Wildman–Crippen MR) is 107 cm³/mol. The van der Waals surface area contributed by atoms with E-state index in [0.29, 0.717) is 11.5 Å². The largest absolute Gasteiger partial charge is 0.322 e. The molecule has 3 aromatic rings. The number of benzene rings is 2. The number of anilines is 1.